The van der Waals surface area contributed by atoms with Gasteiger partial charge in [-0.25, -0.2) is 18.4 Å². The molecule has 1 saturated heterocycles. The molecule has 0 aromatic carbocycles. The van der Waals surface area contributed by atoms with Gasteiger partial charge in [-0.2, -0.15) is 0 Å². The van der Waals surface area contributed by atoms with Crippen LogP contribution in [0, 0.1) is 0 Å². The molecule has 0 radical (unpaired) electrons. The Bertz CT molecular complexity index is 528. The standard InChI is InChI=1S/C13H22N4O2S/c1-11(2)14-8-12-9-15-13(16-10-12)17-4-3-6-20(18,19)7-5-17/h9-11,14H,3-8H2,1-2H3. The van der Waals surface area contributed by atoms with Crippen LogP contribution in [-0.4, -0.2) is 49.0 Å². The van der Waals surface area contributed by atoms with Gasteiger partial charge in [-0.15, -0.1) is 0 Å². The van der Waals surface area contributed by atoms with Crippen molar-refractivity contribution in [2.45, 2.75) is 32.9 Å². The van der Waals surface area contributed by atoms with E-state index in [9.17, 15) is 8.42 Å². The van der Waals surface area contributed by atoms with Crippen molar-refractivity contribution < 1.29 is 8.42 Å². The molecular weight excluding hydrogens is 276 g/mol. The van der Waals surface area contributed by atoms with Gasteiger partial charge in [0.2, 0.25) is 5.95 Å². The van der Waals surface area contributed by atoms with Gasteiger partial charge >= 0.3 is 0 Å². The molecule has 1 aliphatic heterocycles. The highest BCUT2D eigenvalue weighted by Crippen LogP contribution is 2.12. The van der Waals surface area contributed by atoms with E-state index in [4.69, 9.17) is 0 Å². The fourth-order valence-corrected chi connectivity index (χ4v) is 3.33. The van der Waals surface area contributed by atoms with Crippen molar-refractivity contribution >= 4 is 15.8 Å². The van der Waals surface area contributed by atoms with Crippen LogP contribution in [0.3, 0.4) is 0 Å². The number of sulfone groups is 1. The molecule has 6 nitrogen and oxygen atoms in total. The summed E-state index contributed by atoms with van der Waals surface area (Å²) in [7, 11) is -2.89. The maximum atomic E-state index is 11.6. The summed E-state index contributed by atoms with van der Waals surface area (Å²) in [4.78, 5) is 10.6. The first-order valence-corrected chi connectivity index (χ1v) is 8.78. The molecule has 0 saturated carbocycles. The van der Waals surface area contributed by atoms with Gasteiger partial charge in [0.15, 0.2) is 9.84 Å². The van der Waals surface area contributed by atoms with Crippen molar-refractivity contribution in [3.63, 3.8) is 0 Å². The first-order chi connectivity index (χ1) is 9.46. The number of nitrogens with one attached hydrogen (secondary N) is 1. The van der Waals surface area contributed by atoms with Crippen LogP contribution < -0.4 is 10.2 Å². The van der Waals surface area contributed by atoms with Crippen molar-refractivity contribution in [3.8, 4) is 0 Å². The van der Waals surface area contributed by atoms with Gasteiger partial charge < -0.3 is 10.2 Å². The summed E-state index contributed by atoms with van der Waals surface area (Å²) in [5.41, 5.74) is 1.03. The van der Waals surface area contributed by atoms with E-state index in [1.807, 2.05) is 4.90 Å². The molecule has 2 heterocycles. The summed E-state index contributed by atoms with van der Waals surface area (Å²) in [6, 6.07) is 0.422. The quantitative estimate of drug-likeness (QED) is 0.877. The molecule has 2 rings (SSSR count). The predicted octanol–water partition coefficient (Wildman–Crippen LogP) is 0.599. The fourth-order valence-electron chi connectivity index (χ4n) is 2.06. The van der Waals surface area contributed by atoms with E-state index in [0.717, 1.165) is 12.1 Å². The third-order valence-electron chi connectivity index (χ3n) is 3.24. The Balaban J connectivity index is 1.99. The highest BCUT2D eigenvalue weighted by atomic mass is 32.2. The number of anilines is 1. The Morgan fingerprint density at radius 2 is 1.95 bits per heavy atom. The summed E-state index contributed by atoms with van der Waals surface area (Å²) in [5, 5.41) is 3.31. The molecule has 1 aromatic rings. The molecule has 1 aliphatic rings. The van der Waals surface area contributed by atoms with E-state index in [0.29, 0.717) is 31.5 Å². The normalized spacial score (nSPS) is 19.1. The van der Waals surface area contributed by atoms with Gasteiger partial charge in [-0.1, -0.05) is 13.8 Å². The van der Waals surface area contributed by atoms with E-state index in [1.54, 1.807) is 12.4 Å². The van der Waals surface area contributed by atoms with E-state index < -0.39 is 9.84 Å². The van der Waals surface area contributed by atoms with Crippen molar-refractivity contribution in [2.24, 2.45) is 0 Å². The first kappa shape index (κ1) is 15.2. The summed E-state index contributed by atoms with van der Waals surface area (Å²) in [6.45, 7) is 6.10. The first-order valence-electron chi connectivity index (χ1n) is 6.96. The smallest absolute Gasteiger partial charge is 0.225 e. The van der Waals surface area contributed by atoms with Crippen LogP contribution in [0.4, 0.5) is 5.95 Å². The molecule has 1 fully saturated rings. The van der Waals surface area contributed by atoms with Gasteiger partial charge in [-0.3, -0.25) is 0 Å². The molecule has 1 aromatic heterocycles. The van der Waals surface area contributed by atoms with Crippen LogP contribution >= 0.6 is 0 Å². The summed E-state index contributed by atoms with van der Waals surface area (Å²) in [5.74, 6) is 1.07. The van der Waals surface area contributed by atoms with Crippen LogP contribution in [-0.2, 0) is 16.4 Å². The molecule has 112 valence electrons. The molecule has 0 amide bonds. The summed E-state index contributed by atoms with van der Waals surface area (Å²) >= 11 is 0. The van der Waals surface area contributed by atoms with E-state index in [-0.39, 0.29) is 11.5 Å². The van der Waals surface area contributed by atoms with Gasteiger partial charge in [0.05, 0.1) is 11.5 Å². The highest BCUT2D eigenvalue weighted by molar-refractivity contribution is 7.91. The van der Waals surface area contributed by atoms with Crippen molar-refractivity contribution in [1.29, 1.82) is 0 Å². The van der Waals surface area contributed by atoms with Crippen LogP contribution in [0.1, 0.15) is 25.8 Å². The summed E-state index contributed by atoms with van der Waals surface area (Å²) < 4.78 is 23.1. The molecule has 0 atom stereocenters. The minimum Gasteiger partial charge on any atom is -0.340 e. The zero-order valence-electron chi connectivity index (χ0n) is 12.0. The van der Waals surface area contributed by atoms with Gasteiger partial charge in [-0.05, 0) is 6.42 Å². The SMILES string of the molecule is CC(C)NCc1cnc(N2CCCS(=O)(=O)CC2)nc1. The zero-order valence-corrected chi connectivity index (χ0v) is 12.9. The fraction of sp³-hybridized carbons (Fsp3) is 0.692. The minimum atomic E-state index is -2.89. The van der Waals surface area contributed by atoms with Gasteiger partial charge in [0.1, 0.15) is 0 Å². The molecule has 0 spiro atoms. The monoisotopic (exact) mass is 298 g/mol. The van der Waals surface area contributed by atoms with Crippen molar-refractivity contribution in [1.82, 2.24) is 15.3 Å². The lowest BCUT2D eigenvalue weighted by Crippen LogP contribution is -2.28. The largest absolute Gasteiger partial charge is 0.340 e. The Labute approximate surface area is 120 Å². The second-order valence-corrected chi connectivity index (χ2v) is 7.72. The number of nitrogens with zero attached hydrogens (tertiary/aromatic N) is 3. The Hall–Kier alpha value is -1.21. The van der Waals surface area contributed by atoms with Crippen LogP contribution in [0.5, 0.6) is 0 Å². The van der Waals surface area contributed by atoms with E-state index >= 15 is 0 Å². The maximum absolute atomic E-state index is 11.6. The molecule has 1 N–H and O–H groups in total. The van der Waals surface area contributed by atoms with Gasteiger partial charge in [0.25, 0.3) is 0 Å². The average Bonchev–Trinajstić information content (AvgIpc) is 2.58. The topological polar surface area (TPSA) is 75.2 Å². The number of aromatic nitrogens is 2. The second-order valence-electron chi connectivity index (χ2n) is 5.42. The third-order valence-corrected chi connectivity index (χ3v) is 4.96. The lowest BCUT2D eigenvalue weighted by Gasteiger charge is -2.19. The Morgan fingerprint density at radius 3 is 2.60 bits per heavy atom. The van der Waals surface area contributed by atoms with Crippen molar-refractivity contribution in [3.05, 3.63) is 18.0 Å². The lowest BCUT2D eigenvalue weighted by molar-refractivity contribution is 0.586. The third kappa shape index (κ3) is 4.42. The molecule has 0 bridgehead atoms. The zero-order chi connectivity index (χ0) is 14.6. The average molecular weight is 298 g/mol. The van der Waals surface area contributed by atoms with Gasteiger partial charge in [0, 0.05) is 43.6 Å². The van der Waals surface area contributed by atoms with Crippen LogP contribution in [0.25, 0.3) is 0 Å². The second kappa shape index (κ2) is 6.49. The molecule has 0 unspecified atom stereocenters. The molecule has 7 heteroatoms. The molecule has 20 heavy (non-hydrogen) atoms. The van der Waals surface area contributed by atoms with Crippen molar-refractivity contribution in [2.75, 3.05) is 29.5 Å². The maximum Gasteiger partial charge on any atom is 0.225 e. The van der Waals surface area contributed by atoms with E-state index in [1.165, 1.54) is 0 Å². The lowest BCUT2D eigenvalue weighted by atomic mass is 10.3. The summed E-state index contributed by atoms with van der Waals surface area (Å²) in [6.07, 6.45) is 4.25. The highest BCUT2D eigenvalue weighted by Gasteiger charge is 2.20. The molecule has 0 aliphatic carbocycles. The van der Waals surface area contributed by atoms with Crippen LogP contribution in [0.2, 0.25) is 0 Å². The minimum absolute atomic E-state index is 0.188. The number of hydrogen-bond acceptors (Lipinski definition) is 6. The number of rotatable bonds is 4. The Morgan fingerprint density at radius 1 is 1.25 bits per heavy atom. The van der Waals surface area contributed by atoms with E-state index in [2.05, 4.69) is 29.1 Å². The Kier molecular flexibility index (Phi) is 4.93. The van der Waals surface area contributed by atoms with Crippen LogP contribution in [0.15, 0.2) is 12.4 Å². The molecular formula is C13H22N4O2S. The number of hydrogen-bond donors (Lipinski definition) is 1. The predicted molar refractivity (Wildman–Crippen MR) is 79.5 cm³/mol.